The van der Waals surface area contributed by atoms with Gasteiger partial charge in [0.25, 0.3) is 0 Å². The van der Waals surface area contributed by atoms with Gasteiger partial charge in [-0.1, -0.05) is 19.1 Å². The number of rotatable bonds is 5. The van der Waals surface area contributed by atoms with Crippen molar-refractivity contribution in [3.8, 4) is 17.2 Å². The Balaban J connectivity index is 2.36. The molecule has 130 valence electrons. The highest BCUT2D eigenvalue weighted by Gasteiger charge is 2.29. The molecular weight excluding hydrogens is 335 g/mol. The molecule has 7 nitrogen and oxygen atoms in total. The number of phenols is 3. The summed E-state index contributed by atoms with van der Waals surface area (Å²) in [5.41, 5.74) is 0.415. The second-order valence-electron chi connectivity index (χ2n) is 5.69. The van der Waals surface area contributed by atoms with Crippen LogP contribution in [0.4, 0.5) is 0 Å². The molecule has 2 rings (SSSR count). The first-order chi connectivity index (χ1) is 11.1. The van der Waals surface area contributed by atoms with Crippen LogP contribution in [0.3, 0.4) is 0 Å². The summed E-state index contributed by atoms with van der Waals surface area (Å²) in [7, 11) is -4.81. The van der Waals surface area contributed by atoms with E-state index >= 15 is 0 Å². The van der Waals surface area contributed by atoms with Crippen LogP contribution in [0.1, 0.15) is 36.5 Å². The fraction of sp³-hybridized carbons (Fsp3) is 0.250. The summed E-state index contributed by atoms with van der Waals surface area (Å²) in [6.07, 6.45) is -1.32. The van der Waals surface area contributed by atoms with E-state index in [0.29, 0.717) is 0 Å². The maximum Gasteiger partial charge on any atom is 0.356 e. The van der Waals surface area contributed by atoms with Crippen molar-refractivity contribution >= 4 is 12.9 Å². The Kier molecular flexibility index (Phi) is 5.20. The predicted octanol–water partition coefficient (Wildman–Crippen LogP) is 1.83. The maximum absolute atomic E-state index is 11.6. The number of benzene rings is 2. The van der Waals surface area contributed by atoms with E-state index < -0.39 is 30.5 Å². The van der Waals surface area contributed by atoms with E-state index in [9.17, 15) is 34.8 Å². The Hall–Kier alpha value is -2.05. The van der Waals surface area contributed by atoms with Crippen LogP contribution in [0, 0.1) is 0 Å². The van der Waals surface area contributed by atoms with Crippen molar-refractivity contribution in [2.75, 3.05) is 0 Å². The van der Waals surface area contributed by atoms with Crippen molar-refractivity contribution < 1.29 is 34.8 Å². The zero-order chi connectivity index (χ0) is 18.1. The van der Waals surface area contributed by atoms with Gasteiger partial charge in [-0.25, -0.2) is 0 Å². The number of aliphatic hydroxyl groups is 1. The molecule has 2 unspecified atom stereocenters. The largest absolute Gasteiger partial charge is 0.508 e. The van der Waals surface area contributed by atoms with Crippen molar-refractivity contribution in [3.05, 3.63) is 47.5 Å². The van der Waals surface area contributed by atoms with Gasteiger partial charge in [-0.05, 0) is 36.1 Å². The second kappa shape index (κ2) is 6.83. The van der Waals surface area contributed by atoms with Gasteiger partial charge in [-0.2, -0.15) is 0 Å². The van der Waals surface area contributed by atoms with Gasteiger partial charge >= 0.3 is 7.60 Å². The average molecular weight is 354 g/mol. The minimum Gasteiger partial charge on any atom is -0.508 e. The molecule has 0 saturated heterocycles. The highest BCUT2D eigenvalue weighted by atomic mass is 31.2. The van der Waals surface area contributed by atoms with Gasteiger partial charge in [0.15, 0.2) is 0 Å². The third kappa shape index (κ3) is 4.07. The van der Waals surface area contributed by atoms with Crippen LogP contribution in [-0.2, 0) is 4.57 Å². The van der Waals surface area contributed by atoms with Crippen LogP contribution in [0.25, 0.3) is 0 Å². The lowest BCUT2D eigenvalue weighted by atomic mass is 9.91. The third-order valence-corrected chi connectivity index (χ3v) is 4.78. The lowest BCUT2D eigenvalue weighted by Gasteiger charge is -2.21. The Morgan fingerprint density at radius 2 is 1.71 bits per heavy atom. The molecule has 2 atom stereocenters. The standard InChI is InChI=1S/C16H19O7P/c1-9(10-3-2-4-11(17)6-10)5-13(19)16-14(20)7-12(18)8-15(16)24(21,22)23/h2-4,6-9,13,17-20H,5H2,1H3,(H2,21,22,23). The maximum atomic E-state index is 11.6. The van der Waals surface area contributed by atoms with E-state index in [1.165, 1.54) is 12.1 Å². The van der Waals surface area contributed by atoms with Gasteiger partial charge in [0.2, 0.25) is 0 Å². The fourth-order valence-corrected chi connectivity index (χ4v) is 3.49. The van der Waals surface area contributed by atoms with Crippen molar-refractivity contribution in [1.29, 1.82) is 0 Å². The van der Waals surface area contributed by atoms with Crippen LogP contribution >= 0.6 is 7.60 Å². The molecule has 0 saturated carbocycles. The molecule has 0 aliphatic carbocycles. The normalized spacial score (nSPS) is 14.3. The van der Waals surface area contributed by atoms with Crippen LogP contribution in [-0.4, -0.2) is 30.2 Å². The lowest BCUT2D eigenvalue weighted by molar-refractivity contribution is 0.156. The smallest absolute Gasteiger partial charge is 0.356 e. The molecule has 0 fully saturated rings. The van der Waals surface area contributed by atoms with Crippen LogP contribution < -0.4 is 5.30 Å². The van der Waals surface area contributed by atoms with Crippen molar-refractivity contribution in [1.82, 2.24) is 0 Å². The van der Waals surface area contributed by atoms with E-state index in [2.05, 4.69) is 0 Å². The van der Waals surface area contributed by atoms with Gasteiger partial charge < -0.3 is 30.2 Å². The van der Waals surface area contributed by atoms with Crippen molar-refractivity contribution in [3.63, 3.8) is 0 Å². The highest BCUT2D eigenvalue weighted by Crippen LogP contribution is 2.42. The summed E-state index contributed by atoms with van der Waals surface area (Å²) in [6, 6.07) is 8.17. The van der Waals surface area contributed by atoms with Gasteiger partial charge in [0.05, 0.1) is 11.4 Å². The molecule has 0 amide bonds. The molecule has 2 aromatic carbocycles. The van der Waals surface area contributed by atoms with Gasteiger partial charge in [0, 0.05) is 11.6 Å². The summed E-state index contributed by atoms with van der Waals surface area (Å²) in [5, 5.41) is 38.7. The summed E-state index contributed by atoms with van der Waals surface area (Å²) in [6.45, 7) is 1.77. The molecule has 6 N–H and O–H groups in total. The Labute approximate surface area is 138 Å². The predicted molar refractivity (Wildman–Crippen MR) is 87.5 cm³/mol. The summed E-state index contributed by atoms with van der Waals surface area (Å²) >= 11 is 0. The molecule has 2 aromatic rings. The molecular formula is C16H19O7P. The van der Waals surface area contributed by atoms with Crippen molar-refractivity contribution in [2.45, 2.75) is 25.4 Å². The van der Waals surface area contributed by atoms with Gasteiger partial charge in [-0.3, -0.25) is 4.57 Å². The summed E-state index contributed by atoms with van der Waals surface area (Å²) < 4.78 is 11.6. The molecule has 0 bridgehead atoms. The van der Waals surface area contributed by atoms with Gasteiger partial charge in [0.1, 0.15) is 17.2 Å². The molecule has 0 aliphatic heterocycles. The molecule has 24 heavy (non-hydrogen) atoms. The SMILES string of the molecule is CC(CC(O)c1c(O)cc(O)cc1P(=O)(O)O)c1cccc(O)c1. The number of hydrogen-bond acceptors (Lipinski definition) is 5. The Morgan fingerprint density at radius 1 is 1.04 bits per heavy atom. The monoisotopic (exact) mass is 354 g/mol. The first-order valence-electron chi connectivity index (χ1n) is 7.18. The molecule has 0 heterocycles. The molecule has 0 aliphatic rings. The number of hydrogen-bond donors (Lipinski definition) is 6. The molecule has 0 aromatic heterocycles. The average Bonchev–Trinajstić information content (AvgIpc) is 2.45. The van der Waals surface area contributed by atoms with E-state index in [0.717, 1.165) is 17.7 Å². The first kappa shape index (κ1) is 18.3. The molecule has 0 spiro atoms. The number of aliphatic hydroxyl groups excluding tert-OH is 1. The second-order valence-corrected chi connectivity index (χ2v) is 7.26. The zero-order valence-electron chi connectivity index (χ0n) is 12.9. The topological polar surface area (TPSA) is 138 Å². The molecule has 0 radical (unpaired) electrons. The minimum atomic E-state index is -4.81. The minimum absolute atomic E-state index is 0.0504. The third-order valence-electron chi connectivity index (χ3n) is 3.78. The van der Waals surface area contributed by atoms with Crippen molar-refractivity contribution in [2.24, 2.45) is 0 Å². The van der Waals surface area contributed by atoms with E-state index in [-0.39, 0.29) is 23.7 Å². The van der Waals surface area contributed by atoms with Crippen LogP contribution in [0.2, 0.25) is 0 Å². The summed E-state index contributed by atoms with van der Waals surface area (Å²) in [5.74, 6) is -1.30. The van der Waals surface area contributed by atoms with E-state index in [1.807, 2.05) is 0 Å². The molecule has 8 heteroatoms. The Morgan fingerprint density at radius 3 is 2.29 bits per heavy atom. The van der Waals surface area contributed by atoms with Gasteiger partial charge in [-0.15, -0.1) is 0 Å². The number of phenolic OH excluding ortho intramolecular Hbond substituents is 3. The zero-order valence-corrected chi connectivity index (χ0v) is 13.8. The van der Waals surface area contributed by atoms with E-state index in [4.69, 9.17) is 0 Å². The van der Waals surface area contributed by atoms with E-state index in [1.54, 1.807) is 19.1 Å². The summed E-state index contributed by atoms with van der Waals surface area (Å²) in [4.78, 5) is 18.8. The highest BCUT2D eigenvalue weighted by molar-refractivity contribution is 7.60. The fourth-order valence-electron chi connectivity index (χ4n) is 2.61. The lowest BCUT2D eigenvalue weighted by Crippen LogP contribution is -2.16. The van der Waals surface area contributed by atoms with Crippen LogP contribution in [0.5, 0.6) is 17.2 Å². The van der Waals surface area contributed by atoms with Crippen LogP contribution in [0.15, 0.2) is 36.4 Å². The Bertz CT molecular complexity index is 784. The first-order valence-corrected chi connectivity index (χ1v) is 8.79. The number of aromatic hydroxyl groups is 3. The quantitative estimate of drug-likeness (QED) is 0.450.